The second kappa shape index (κ2) is 6.61. The maximum absolute atomic E-state index is 12.8. The van der Waals surface area contributed by atoms with E-state index in [2.05, 4.69) is 9.97 Å². The first-order valence-corrected chi connectivity index (χ1v) is 8.50. The number of aromatic nitrogens is 2. The highest BCUT2D eigenvalue weighted by Gasteiger charge is 2.23. The first-order valence-electron chi connectivity index (χ1n) is 8.50. The third-order valence-electron chi connectivity index (χ3n) is 4.65. The van der Waals surface area contributed by atoms with Gasteiger partial charge in [0.05, 0.1) is 11.6 Å². The lowest BCUT2D eigenvalue weighted by molar-refractivity contribution is 0.0542. The molecule has 0 bridgehead atoms. The van der Waals surface area contributed by atoms with Gasteiger partial charge in [-0.1, -0.05) is 30.3 Å². The molecule has 0 aliphatic carbocycles. The highest BCUT2D eigenvalue weighted by Crippen LogP contribution is 2.26. The molecule has 0 spiro atoms. The zero-order valence-electron chi connectivity index (χ0n) is 13.8. The van der Waals surface area contributed by atoms with Gasteiger partial charge >= 0.3 is 0 Å². The number of nitrogens with zero attached hydrogens (tertiary/aromatic N) is 3. The van der Waals surface area contributed by atoms with Crippen molar-refractivity contribution in [3.8, 4) is 11.1 Å². The Bertz CT molecular complexity index is 903. The predicted octanol–water partition coefficient (Wildman–Crippen LogP) is 2.89. The number of likely N-dealkylation sites (tertiary alicyclic amines) is 1. The Hall–Kier alpha value is -2.79. The van der Waals surface area contributed by atoms with Crippen LogP contribution >= 0.6 is 0 Å². The van der Waals surface area contributed by atoms with E-state index in [1.807, 2.05) is 36.4 Å². The molecule has 1 amide bonds. The zero-order valence-corrected chi connectivity index (χ0v) is 13.8. The van der Waals surface area contributed by atoms with Gasteiger partial charge in [0.25, 0.3) is 5.91 Å². The molecule has 25 heavy (non-hydrogen) atoms. The molecule has 1 fully saturated rings. The predicted molar refractivity (Wildman–Crippen MR) is 96.1 cm³/mol. The van der Waals surface area contributed by atoms with Crippen LogP contribution in [0.3, 0.4) is 0 Å². The van der Waals surface area contributed by atoms with Gasteiger partial charge in [-0.3, -0.25) is 9.78 Å². The third kappa shape index (κ3) is 3.10. The summed E-state index contributed by atoms with van der Waals surface area (Å²) < 4.78 is 0. The van der Waals surface area contributed by atoms with Gasteiger partial charge in [-0.25, -0.2) is 4.98 Å². The second-order valence-corrected chi connectivity index (χ2v) is 6.34. The van der Waals surface area contributed by atoms with Gasteiger partial charge in [0.1, 0.15) is 5.69 Å². The number of aliphatic hydroxyl groups is 1. The van der Waals surface area contributed by atoms with Gasteiger partial charge in [0.2, 0.25) is 0 Å². The molecule has 1 aliphatic heterocycles. The quantitative estimate of drug-likeness (QED) is 0.783. The maximum atomic E-state index is 12.8. The van der Waals surface area contributed by atoms with E-state index in [9.17, 15) is 9.90 Å². The largest absolute Gasteiger partial charge is 0.393 e. The Morgan fingerprint density at radius 2 is 1.80 bits per heavy atom. The highest BCUT2D eigenvalue weighted by atomic mass is 16.3. The molecule has 3 aromatic rings. The van der Waals surface area contributed by atoms with E-state index in [1.165, 1.54) is 0 Å². The Morgan fingerprint density at radius 3 is 2.56 bits per heavy atom. The normalized spacial score (nSPS) is 15.5. The third-order valence-corrected chi connectivity index (χ3v) is 4.65. The van der Waals surface area contributed by atoms with E-state index in [1.54, 1.807) is 23.4 Å². The summed E-state index contributed by atoms with van der Waals surface area (Å²) >= 11 is 0. The minimum Gasteiger partial charge on any atom is -0.393 e. The van der Waals surface area contributed by atoms with Crippen molar-refractivity contribution in [3.05, 3.63) is 60.6 Å². The number of amides is 1. The van der Waals surface area contributed by atoms with Crippen LogP contribution in [0.5, 0.6) is 0 Å². The minimum atomic E-state index is -0.302. The molecule has 1 saturated heterocycles. The van der Waals surface area contributed by atoms with Crippen LogP contribution in [0.15, 0.2) is 54.9 Å². The smallest absolute Gasteiger partial charge is 0.272 e. The lowest BCUT2D eigenvalue weighted by Crippen LogP contribution is -2.40. The fourth-order valence-corrected chi connectivity index (χ4v) is 3.22. The van der Waals surface area contributed by atoms with Crippen molar-refractivity contribution in [2.45, 2.75) is 18.9 Å². The molecular weight excluding hydrogens is 314 g/mol. The molecule has 5 heteroatoms. The number of carbonyl (C=O) groups is 1. The lowest BCUT2D eigenvalue weighted by Gasteiger charge is -2.29. The second-order valence-electron chi connectivity index (χ2n) is 6.34. The number of fused-ring (bicyclic) bond motifs is 1. The van der Waals surface area contributed by atoms with Crippen molar-refractivity contribution in [1.82, 2.24) is 14.9 Å². The summed E-state index contributed by atoms with van der Waals surface area (Å²) in [5, 5.41) is 10.5. The first kappa shape index (κ1) is 15.7. The van der Waals surface area contributed by atoms with Gasteiger partial charge < -0.3 is 10.0 Å². The van der Waals surface area contributed by atoms with Crippen LogP contribution in [0, 0.1) is 0 Å². The van der Waals surface area contributed by atoms with Crippen LogP contribution in [0.4, 0.5) is 0 Å². The first-order chi connectivity index (χ1) is 12.2. The Balaban J connectivity index is 1.73. The number of aliphatic hydroxyl groups excluding tert-OH is 1. The van der Waals surface area contributed by atoms with E-state index in [0.717, 1.165) is 22.0 Å². The fourth-order valence-electron chi connectivity index (χ4n) is 3.22. The van der Waals surface area contributed by atoms with E-state index < -0.39 is 0 Å². The van der Waals surface area contributed by atoms with Crippen LogP contribution in [0.2, 0.25) is 0 Å². The summed E-state index contributed by atoms with van der Waals surface area (Å²) in [5.74, 6) is -0.0791. The van der Waals surface area contributed by atoms with Crippen molar-refractivity contribution in [2.75, 3.05) is 13.1 Å². The molecule has 1 aliphatic rings. The Morgan fingerprint density at radius 1 is 1.04 bits per heavy atom. The average Bonchev–Trinajstić information content (AvgIpc) is 2.68. The van der Waals surface area contributed by atoms with Gasteiger partial charge in [-0.2, -0.15) is 0 Å². The molecule has 0 atom stereocenters. The number of hydrogen-bond donors (Lipinski definition) is 1. The number of pyridine rings is 2. The maximum Gasteiger partial charge on any atom is 0.272 e. The van der Waals surface area contributed by atoms with E-state index in [4.69, 9.17) is 0 Å². The molecular formula is C20H19N3O2. The van der Waals surface area contributed by atoms with Crippen molar-refractivity contribution in [1.29, 1.82) is 0 Å². The fraction of sp³-hybridized carbons (Fsp3) is 0.250. The van der Waals surface area contributed by atoms with Crippen LogP contribution in [-0.4, -0.2) is 45.1 Å². The molecule has 1 N–H and O–H groups in total. The number of benzene rings is 1. The topological polar surface area (TPSA) is 66.3 Å². The van der Waals surface area contributed by atoms with Crippen LogP contribution < -0.4 is 0 Å². The van der Waals surface area contributed by atoms with Crippen LogP contribution in [-0.2, 0) is 0 Å². The van der Waals surface area contributed by atoms with Crippen molar-refractivity contribution >= 4 is 16.8 Å². The number of hydrogen-bond acceptors (Lipinski definition) is 4. The van der Waals surface area contributed by atoms with Gasteiger partial charge in [-0.15, -0.1) is 0 Å². The molecule has 3 heterocycles. The van der Waals surface area contributed by atoms with Crippen molar-refractivity contribution < 1.29 is 9.90 Å². The summed E-state index contributed by atoms with van der Waals surface area (Å²) in [7, 11) is 0. The molecule has 0 unspecified atom stereocenters. The molecule has 0 radical (unpaired) electrons. The van der Waals surface area contributed by atoms with E-state index in [0.29, 0.717) is 31.6 Å². The Kier molecular flexibility index (Phi) is 4.15. The monoisotopic (exact) mass is 333 g/mol. The van der Waals surface area contributed by atoms with Crippen LogP contribution in [0.25, 0.3) is 22.0 Å². The molecule has 0 saturated carbocycles. The van der Waals surface area contributed by atoms with Gasteiger partial charge in [0, 0.05) is 36.4 Å². The summed E-state index contributed by atoms with van der Waals surface area (Å²) in [6.45, 7) is 1.14. The molecule has 4 rings (SSSR count). The summed E-state index contributed by atoms with van der Waals surface area (Å²) in [6, 6.07) is 13.6. The van der Waals surface area contributed by atoms with Gasteiger partial charge in [-0.05, 0) is 30.5 Å². The average molecular weight is 333 g/mol. The number of carbonyl (C=O) groups excluding carboxylic acids is 1. The number of rotatable bonds is 2. The molecule has 126 valence electrons. The summed E-state index contributed by atoms with van der Waals surface area (Å²) in [6.07, 6.45) is 4.50. The van der Waals surface area contributed by atoms with Crippen LogP contribution in [0.1, 0.15) is 23.3 Å². The molecule has 5 nitrogen and oxygen atoms in total. The van der Waals surface area contributed by atoms with Crippen molar-refractivity contribution in [3.63, 3.8) is 0 Å². The van der Waals surface area contributed by atoms with E-state index in [-0.39, 0.29) is 12.0 Å². The summed E-state index contributed by atoms with van der Waals surface area (Å²) in [5.41, 5.74) is 3.16. The molecule has 1 aromatic carbocycles. The SMILES string of the molecule is O=C(c1ccc2cncc(-c3ccccc3)c2n1)N1CCC(O)CC1. The van der Waals surface area contributed by atoms with Gasteiger partial charge in [0.15, 0.2) is 0 Å². The van der Waals surface area contributed by atoms with Crippen molar-refractivity contribution in [2.24, 2.45) is 0 Å². The van der Waals surface area contributed by atoms with E-state index >= 15 is 0 Å². The summed E-state index contributed by atoms with van der Waals surface area (Å²) in [4.78, 5) is 23.5. The zero-order chi connectivity index (χ0) is 17.2. The lowest BCUT2D eigenvalue weighted by atomic mass is 10.0. The molecule has 2 aromatic heterocycles. The standard InChI is InChI=1S/C20H19N3O2/c24-16-8-10-23(11-9-16)20(25)18-7-6-15-12-21-13-17(19(15)22-18)14-4-2-1-3-5-14/h1-7,12-13,16,24H,8-11H2. The minimum absolute atomic E-state index is 0.0791. The highest BCUT2D eigenvalue weighted by molar-refractivity contribution is 5.98. The Labute approximate surface area is 146 Å². The number of piperidine rings is 1.